The van der Waals surface area contributed by atoms with Gasteiger partial charge in [-0.25, -0.2) is 4.79 Å². The van der Waals surface area contributed by atoms with Crippen molar-refractivity contribution in [3.8, 4) is 0 Å². The molecule has 0 fully saturated rings. The Morgan fingerprint density at radius 3 is 0.831 bits per heavy atom. The second-order valence-electron chi connectivity index (χ2n) is 28.4. The van der Waals surface area contributed by atoms with Gasteiger partial charge in [-0.05, 0) is 64.2 Å². The van der Waals surface area contributed by atoms with Crippen molar-refractivity contribution in [2.45, 2.75) is 424 Å². The predicted octanol–water partition coefficient (Wildman–Crippen LogP) is 24.9. The molecule has 0 aliphatic rings. The number of carbonyl (C=O) groups excluding carboxylic acids is 2. The first kappa shape index (κ1) is 86.8. The first-order valence-corrected chi connectivity index (χ1v) is 39.5. The summed E-state index contributed by atoms with van der Waals surface area (Å²) in [5, 5.41) is 9.76. The monoisotopic (exact) mass is 1260 g/mol. The lowest BCUT2D eigenvalue weighted by atomic mass is 10.0. The molecule has 0 amide bonds. The third-order valence-corrected chi connectivity index (χ3v) is 18.2. The fourth-order valence-electron chi connectivity index (χ4n) is 12.1. The topological polar surface area (TPSA) is 108 Å². The number of carboxylic acid groups (broad SMARTS) is 1. The van der Waals surface area contributed by atoms with Crippen molar-refractivity contribution in [2.24, 2.45) is 0 Å². The summed E-state index contributed by atoms with van der Waals surface area (Å²) in [7, 11) is 6.00. The zero-order valence-corrected chi connectivity index (χ0v) is 60.4. The second-order valence-corrected chi connectivity index (χ2v) is 28.4. The number of aliphatic carboxylic acids is 1. The van der Waals surface area contributed by atoms with Crippen LogP contribution in [0.15, 0.2) is 24.3 Å². The van der Waals surface area contributed by atoms with Crippen LogP contribution in [-0.4, -0.2) is 87.4 Å². The normalized spacial score (nSPS) is 12.7. The molecule has 2 atom stereocenters. The van der Waals surface area contributed by atoms with Crippen LogP contribution in [0.5, 0.6) is 0 Å². The van der Waals surface area contributed by atoms with Crippen LogP contribution in [0.3, 0.4) is 0 Å². The van der Waals surface area contributed by atoms with Crippen LogP contribution in [0.1, 0.15) is 412 Å². The zero-order chi connectivity index (χ0) is 64.7. The number of ether oxygens (including phenoxy) is 4. The molecule has 2 unspecified atom stereocenters. The summed E-state index contributed by atoms with van der Waals surface area (Å²) in [5.41, 5.74) is 0. The lowest BCUT2D eigenvalue weighted by Crippen LogP contribution is -2.40. The molecular formula is C80H154NO8+. The molecule has 0 saturated heterocycles. The molecule has 9 nitrogen and oxygen atoms in total. The van der Waals surface area contributed by atoms with Gasteiger partial charge >= 0.3 is 17.9 Å². The maximum absolute atomic E-state index is 13.0. The smallest absolute Gasteiger partial charge is 0.361 e. The Labute approximate surface area is 554 Å². The largest absolute Gasteiger partial charge is 0.477 e. The van der Waals surface area contributed by atoms with Crippen molar-refractivity contribution in [2.75, 3.05) is 47.5 Å². The Hall–Kier alpha value is -2.23. The van der Waals surface area contributed by atoms with E-state index in [2.05, 4.69) is 38.2 Å². The average Bonchev–Trinajstić information content (AvgIpc) is 3.64. The van der Waals surface area contributed by atoms with Gasteiger partial charge in [-0.3, -0.25) is 9.59 Å². The van der Waals surface area contributed by atoms with Crippen molar-refractivity contribution in [3.05, 3.63) is 24.3 Å². The third-order valence-electron chi connectivity index (χ3n) is 18.2. The summed E-state index contributed by atoms with van der Waals surface area (Å²) < 4.78 is 23.0. The fourth-order valence-corrected chi connectivity index (χ4v) is 12.1. The summed E-state index contributed by atoms with van der Waals surface area (Å²) in [5.74, 6) is -1.97. The van der Waals surface area contributed by atoms with Gasteiger partial charge < -0.3 is 28.5 Å². The molecule has 89 heavy (non-hydrogen) atoms. The van der Waals surface area contributed by atoms with Crippen LogP contribution in [0.4, 0.5) is 0 Å². The first-order chi connectivity index (χ1) is 43.6. The number of rotatable bonds is 75. The van der Waals surface area contributed by atoms with Crippen LogP contribution in [0.25, 0.3) is 0 Å². The molecule has 1 N–H and O–H groups in total. The molecule has 0 aromatic carbocycles. The predicted molar refractivity (Wildman–Crippen MR) is 383 cm³/mol. The Balaban J connectivity index is 3.94. The van der Waals surface area contributed by atoms with Gasteiger partial charge in [0.05, 0.1) is 34.4 Å². The number of allylic oxidation sites excluding steroid dienone is 4. The van der Waals surface area contributed by atoms with E-state index in [4.69, 9.17) is 18.9 Å². The van der Waals surface area contributed by atoms with E-state index in [9.17, 15) is 19.5 Å². The van der Waals surface area contributed by atoms with Gasteiger partial charge in [0.25, 0.3) is 6.29 Å². The Morgan fingerprint density at radius 1 is 0.326 bits per heavy atom. The van der Waals surface area contributed by atoms with Crippen LogP contribution in [0, 0.1) is 0 Å². The summed E-state index contributed by atoms with van der Waals surface area (Å²) in [6.07, 6.45) is 87.7. The molecule has 0 heterocycles. The molecule has 0 aromatic rings. The zero-order valence-electron chi connectivity index (χ0n) is 60.4. The fraction of sp³-hybridized carbons (Fsp3) is 0.912. The average molecular weight is 1260 g/mol. The van der Waals surface area contributed by atoms with Gasteiger partial charge in [0.1, 0.15) is 13.2 Å². The molecular weight excluding hydrogens is 1100 g/mol. The Bertz CT molecular complexity index is 1510. The second kappa shape index (κ2) is 71.6. The minimum Gasteiger partial charge on any atom is -0.477 e. The quantitative estimate of drug-likeness (QED) is 0.0211. The summed E-state index contributed by atoms with van der Waals surface area (Å²) >= 11 is 0. The molecule has 9 heteroatoms. The van der Waals surface area contributed by atoms with Crippen LogP contribution in [-0.2, 0) is 33.3 Å². The number of carbonyl (C=O) groups is 3. The van der Waals surface area contributed by atoms with Crippen molar-refractivity contribution in [1.82, 2.24) is 0 Å². The SMILES string of the molecule is CCCCCCCCCC/C=C\CCCCCCCCCCCCCCCCCCCCCCCCCCCCCC(=O)OC(COC(=O)CCCCCCCCCCCCCCC/C=C\CCCCCCCCCC)COC(OCC[N+](C)(C)C)C(=O)O. The number of unbranched alkanes of at least 4 members (excludes halogenated alkanes) is 56. The first-order valence-electron chi connectivity index (χ1n) is 39.5. The molecule has 0 spiro atoms. The standard InChI is InChI=1S/C80H153NO8/c1-6-8-10-12-14-16-18-20-22-24-26-28-30-32-33-34-35-36-37-38-39-40-41-42-43-44-45-47-49-51-53-55-57-59-61-63-65-67-69-71-78(83)89-76(75-88-80(79(84)85)86-73-72-81(3,4)5)74-87-77(82)70-68-66-64-62-60-58-56-54-52-50-48-46-31-29-27-25-23-21-19-17-15-13-11-9-7-2/h24-27,76,80H,6-23,28-75H2,1-5H3/p+1/b26-24-,27-25-. The number of hydrogen-bond acceptors (Lipinski definition) is 7. The molecule has 0 bridgehead atoms. The van der Waals surface area contributed by atoms with Gasteiger partial charge in [-0.2, -0.15) is 0 Å². The van der Waals surface area contributed by atoms with Crippen molar-refractivity contribution < 1.29 is 42.9 Å². The molecule has 0 rings (SSSR count). The van der Waals surface area contributed by atoms with Gasteiger partial charge in [0.15, 0.2) is 6.10 Å². The van der Waals surface area contributed by atoms with Crippen molar-refractivity contribution in [3.63, 3.8) is 0 Å². The van der Waals surface area contributed by atoms with Crippen LogP contribution < -0.4 is 0 Å². The minimum atomic E-state index is -1.51. The van der Waals surface area contributed by atoms with E-state index in [1.54, 1.807) is 0 Å². The number of nitrogens with zero attached hydrogens (tertiary/aromatic N) is 1. The number of quaternary nitrogens is 1. The third kappa shape index (κ3) is 73.1. The van der Waals surface area contributed by atoms with Crippen molar-refractivity contribution >= 4 is 17.9 Å². The number of likely N-dealkylation sites (N-methyl/N-ethyl adjacent to an activating group) is 1. The maximum atomic E-state index is 13.0. The van der Waals surface area contributed by atoms with Gasteiger partial charge in [-0.1, -0.05) is 359 Å². The highest BCUT2D eigenvalue weighted by atomic mass is 16.7. The summed E-state index contributed by atoms with van der Waals surface area (Å²) in [4.78, 5) is 37.7. The highest BCUT2D eigenvalue weighted by molar-refractivity contribution is 5.71. The highest BCUT2D eigenvalue weighted by Gasteiger charge is 2.25. The number of hydrogen-bond donors (Lipinski definition) is 1. The lowest BCUT2D eigenvalue weighted by Gasteiger charge is -2.25. The molecule has 0 saturated carbocycles. The Kier molecular flexibility index (Phi) is 69.8. The van der Waals surface area contributed by atoms with Gasteiger partial charge in [-0.15, -0.1) is 0 Å². The lowest BCUT2D eigenvalue weighted by molar-refractivity contribution is -0.870. The summed E-state index contributed by atoms with van der Waals surface area (Å²) in [6, 6.07) is 0. The van der Waals surface area contributed by atoms with E-state index >= 15 is 0 Å². The van der Waals surface area contributed by atoms with E-state index < -0.39 is 18.4 Å². The van der Waals surface area contributed by atoms with Crippen LogP contribution in [0.2, 0.25) is 0 Å². The number of esters is 2. The van der Waals surface area contributed by atoms with Gasteiger partial charge in [0.2, 0.25) is 0 Å². The van der Waals surface area contributed by atoms with E-state index in [-0.39, 0.29) is 38.2 Å². The molecule has 526 valence electrons. The van der Waals surface area contributed by atoms with Crippen molar-refractivity contribution in [1.29, 1.82) is 0 Å². The maximum Gasteiger partial charge on any atom is 0.361 e. The van der Waals surface area contributed by atoms with E-state index in [0.717, 1.165) is 38.5 Å². The molecule has 0 radical (unpaired) electrons. The minimum absolute atomic E-state index is 0.175. The number of carboxylic acids is 1. The molecule has 0 aliphatic heterocycles. The van der Waals surface area contributed by atoms with E-state index in [1.807, 2.05) is 21.1 Å². The van der Waals surface area contributed by atoms with Crippen LogP contribution >= 0.6 is 0 Å². The Morgan fingerprint density at radius 2 is 0.573 bits per heavy atom. The molecule has 0 aliphatic carbocycles. The summed E-state index contributed by atoms with van der Waals surface area (Å²) in [6.45, 7) is 4.96. The highest BCUT2D eigenvalue weighted by Crippen LogP contribution is 2.20. The van der Waals surface area contributed by atoms with Gasteiger partial charge in [0, 0.05) is 12.8 Å². The van der Waals surface area contributed by atoms with E-state index in [0.29, 0.717) is 17.4 Å². The molecule has 0 aromatic heterocycles. The van der Waals surface area contributed by atoms with E-state index in [1.165, 1.54) is 347 Å².